The van der Waals surface area contributed by atoms with E-state index in [0.717, 1.165) is 24.1 Å². The van der Waals surface area contributed by atoms with E-state index in [2.05, 4.69) is 29.4 Å². The first kappa shape index (κ1) is 21.4. The molecule has 30 heavy (non-hydrogen) atoms. The maximum atomic E-state index is 12.6. The molecular weight excluding hydrogens is 397 g/mol. The van der Waals surface area contributed by atoms with Crippen molar-refractivity contribution in [3.8, 4) is 11.4 Å². The lowest BCUT2D eigenvalue weighted by Crippen LogP contribution is -2.20. The monoisotopic (exact) mass is 418 g/mol. The van der Waals surface area contributed by atoms with E-state index >= 15 is 0 Å². The second-order valence-corrected chi connectivity index (χ2v) is 6.82. The number of anilines is 1. The molecule has 3 aromatic rings. The molecule has 2 aromatic carbocycles. The third kappa shape index (κ3) is 5.16. The normalized spacial score (nSPS) is 12.4. The van der Waals surface area contributed by atoms with Gasteiger partial charge in [0, 0.05) is 5.69 Å². The summed E-state index contributed by atoms with van der Waals surface area (Å²) in [5, 5.41) is 10.1. The van der Waals surface area contributed by atoms with Crippen molar-refractivity contribution in [1.82, 2.24) is 14.8 Å². The summed E-state index contributed by atoms with van der Waals surface area (Å²) in [5.74, 6) is 0.317. The topological polar surface area (TPSA) is 69.0 Å². The summed E-state index contributed by atoms with van der Waals surface area (Å²) in [6, 6.07) is 9.89. The number of halogens is 3. The molecule has 0 saturated heterocycles. The van der Waals surface area contributed by atoms with Gasteiger partial charge < -0.3 is 10.1 Å². The Labute approximate surface area is 171 Å². The molecule has 1 amide bonds. The molecule has 0 aliphatic carbocycles. The summed E-state index contributed by atoms with van der Waals surface area (Å²) < 4.78 is 45.2. The van der Waals surface area contributed by atoms with Gasteiger partial charge in [-0.05, 0) is 54.3 Å². The van der Waals surface area contributed by atoms with Crippen LogP contribution in [0.2, 0.25) is 0 Å². The number of carbonyl (C=O) groups excluding carboxylic acids is 1. The molecule has 0 fully saturated rings. The number of carbonyl (C=O) groups is 1. The first-order valence-electron chi connectivity index (χ1n) is 9.36. The van der Waals surface area contributed by atoms with Gasteiger partial charge in [-0.1, -0.05) is 19.9 Å². The van der Waals surface area contributed by atoms with E-state index < -0.39 is 17.6 Å². The van der Waals surface area contributed by atoms with Crippen LogP contribution in [0.15, 0.2) is 55.1 Å². The Morgan fingerprint density at radius 2 is 1.80 bits per heavy atom. The van der Waals surface area contributed by atoms with Crippen molar-refractivity contribution in [3.05, 3.63) is 66.2 Å². The minimum absolute atomic E-state index is 0.253. The number of hydrogen-bond acceptors (Lipinski definition) is 4. The Balaban J connectivity index is 1.69. The molecule has 1 N–H and O–H groups in total. The van der Waals surface area contributed by atoms with Crippen LogP contribution in [0.5, 0.6) is 5.75 Å². The first-order valence-corrected chi connectivity index (χ1v) is 9.36. The van der Waals surface area contributed by atoms with E-state index in [1.807, 2.05) is 12.1 Å². The third-order valence-corrected chi connectivity index (χ3v) is 4.72. The van der Waals surface area contributed by atoms with Gasteiger partial charge in [0.05, 0.1) is 11.3 Å². The van der Waals surface area contributed by atoms with E-state index in [9.17, 15) is 18.0 Å². The van der Waals surface area contributed by atoms with Crippen molar-refractivity contribution in [2.45, 2.75) is 32.4 Å². The smallest absolute Gasteiger partial charge is 0.416 e. The van der Waals surface area contributed by atoms with Gasteiger partial charge in [0.1, 0.15) is 18.4 Å². The van der Waals surface area contributed by atoms with Crippen LogP contribution in [0, 0.1) is 0 Å². The van der Waals surface area contributed by atoms with E-state index in [-0.39, 0.29) is 12.3 Å². The maximum absolute atomic E-state index is 12.6. The Hall–Kier alpha value is -3.36. The molecule has 0 saturated carbocycles. The second kappa shape index (κ2) is 8.98. The number of alkyl halides is 3. The quantitative estimate of drug-likeness (QED) is 0.598. The standard InChI is InChI=1S/C21H21F3N4O2/c1-3-14(2)15-4-9-19(18(10-15)28-12-25-26-13-28)30-11-20(29)27-17-7-5-16(6-8-17)21(22,23)24/h4-10,12-14H,3,11H2,1-2H3,(H,27,29)/t14-/m1/s1. The van der Waals surface area contributed by atoms with Crippen molar-refractivity contribution in [1.29, 1.82) is 0 Å². The highest BCUT2D eigenvalue weighted by Gasteiger charge is 2.30. The average molecular weight is 418 g/mol. The van der Waals surface area contributed by atoms with Crippen LogP contribution in [0.4, 0.5) is 18.9 Å². The minimum atomic E-state index is -4.42. The summed E-state index contributed by atoms with van der Waals surface area (Å²) in [7, 11) is 0. The van der Waals surface area contributed by atoms with Gasteiger partial charge in [-0.25, -0.2) is 0 Å². The molecule has 1 heterocycles. The van der Waals surface area contributed by atoms with Gasteiger partial charge in [-0.3, -0.25) is 9.36 Å². The molecule has 0 aliphatic heterocycles. The number of aromatic nitrogens is 3. The van der Waals surface area contributed by atoms with E-state index in [1.54, 1.807) is 10.6 Å². The summed E-state index contributed by atoms with van der Waals surface area (Å²) >= 11 is 0. The molecule has 0 bridgehead atoms. The SMILES string of the molecule is CC[C@@H](C)c1ccc(OCC(=O)Nc2ccc(C(F)(F)F)cc2)c(-n2cnnc2)c1. The molecule has 6 nitrogen and oxygen atoms in total. The number of nitrogens with zero attached hydrogens (tertiary/aromatic N) is 3. The lowest BCUT2D eigenvalue weighted by Gasteiger charge is -2.16. The Kier molecular flexibility index (Phi) is 6.39. The predicted octanol–water partition coefficient (Wildman–Crippen LogP) is 4.82. The van der Waals surface area contributed by atoms with Crippen LogP contribution in [-0.2, 0) is 11.0 Å². The Bertz CT molecular complexity index is 986. The van der Waals surface area contributed by atoms with Crippen molar-refractivity contribution in [2.24, 2.45) is 0 Å². The number of rotatable bonds is 7. The van der Waals surface area contributed by atoms with Crippen LogP contribution >= 0.6 is 0 Å². The number of hydrogen-bond donors (Lipinski definition) is 1. The lowest BCUT2D eigenvalue weighted by atomic mass is 9.98. The molecule has 0 unspecified atom stereocenters. The highest BCUT2D eigenvalue weighted by atomic mass is 19.4. The van der Waals surface area contributed by atoms with Crippen molar-refractivity contribution < 1.29 is 22.7 Å². The van der Waals surface area contributed by atoms with E-state index in [0.29, 0.717) is 17.4 Å². The van der Waals surface area contributed by atoms with Crippen LogP contribution in [0.25, 0.3) is 5.69 Å². The molecule has 0 aliphatic rings. The minimum Gasteiger partial charge on any atom is -0.482 e. The molecule has 0 spiro atoms. The second-order valence-electron chi connectivity index (χ2n) is 6.82. The van der Waals surface area contributed by atoms with Gasteiger partial charge in [-0.2, -0.15) is 13.2 Å². The number of benzene rings is 2. The summed E-state index contributed by atoms with van der Waals surface area (Å²) in [6.07, 6.45) is -0.390. The Morgan fingerprint density at radius 1 is 1.13 bits per heavy atom. The van der Waals surface area contributed by atoms with Crippen molar-refractivity contribution in [3.63, 3.8) is 0 Å². The zero-order valence-electron chi connectivity index (χ0n) is 16.5. The van der Waals surface area contributed by atoms with Gasteiger partial charge in [0.25, 0.3) is 5.91 Å². The van der Waals surface area contributed by atoms with Crippen molar-refractivity contribution >= 4 is 11.6 Å². The number of nitrogens with one attached hydrogen (secondary N) is 1. The molecule has 1 aromatic heterocycles. The maximum Gasteiger partial charge on any atom is 0.416 e. The Morgan fingerprint density at radius 3 is 2.40 bits per heavy atom. The number of amides is 1. The zero-order chi connectivity index (χ0) is 21.7. The molecular formula is C21H21F3N4O2. The molecule has 9 heteroatoms. The fraction of sp³-hybridized carbons (Fsp3) is 0.286. The summed E-state index contributed by atoms with van der Waals surface area (Å²) in [4.78, 5) is 12.2. The van der Waals surface area contributed by atoms with Crippen LogP contribution < -0.4 is 10.1 Å². The molecule has 3 rings (SSSR count). The lowest BCUT2D eigenvalue weighted by molar-refractivity contribution is -0.137. The van der Waals surface area contributed by atoms with E-state index in [1.165, 1.54) is 24.8 Å². The average Bonchev–Trinajstić information content (AvgIpc) is 3.26. The molecule has 1 atom stereocenters. The van der Waals surface area contributed by atoms with Crippen LogP contribution in [0.3, 0.4) is 0 Å². The highest BCUT2D eigenvalue weighted by molar-refractivity contribution is 5.91. The molecule has 158 valence electrons. The third-order valence-electron chi connectivity index (χ3n) is 4.72. The van der Waals surface area contributed by atoms with Gasteiger partial charge in [0.15, 0.2) is 6.61 Å². The summed E-state index contributed by atoms with van der Waals surface area (Å²) in [6.45, 7) is 3.90. The largest absolute Gasteiger partial charge is 0.482 e. The van der Waals surface area contributed by atoms with Crippen molar-refractivity contribution in [2.75, 3.05) is 11.9 Å². The fourth-order valence-electron chi connectivity index (χ4n) is 2.81. The zero-order valence-corrected chi connectivity index (χ0v) is 16.5. The van der Waals surface area contributed by atoms with Gasteiger partial charge >= 0.3 is 6.18 Å². The van der Waals surface area contributed by atoms with Gasteiger partial charge in [-0.15, -0.1) is 10.2 Å². The molecule has 0 radical (unpaired) electrons. The number of ether oxygens (including phenoxy) is 1. The first-order chi connectivity index (χ1) is 14.3. The van der Waals surface area contributed by atoms with Crippen LogP contribution in [0.1, 0.15) is 37.3 Å². The highest BCUT2D eigenvalue weighted by Crippen LogP contribution is 2.30. The fourth-order valence-corrected chi connectivity index (χ4v) is 2.81. The predicted molar refractivity (Wildman–Crippen MR) is 106 cm³/mol. The van der Waals surface area contributed by atoms with E-state index in [4.69, 9.17) is 4.74 Å². The summed E-state index contributed by atoms with van der Waals surface area (Å²) in [5.41, 5.74) is 1.28. The van der Waals surface area contributed by atoms with Crippen LogP contribution in [-0.4, -0.2) is 27.3 Å². The van der Waals surface area contributed by atoms with Gasteiger partial charge in [0.2, 0.25) is 0 Å².